The van der Waals surface area contributed by atoms with E-state index in [9.17, 15) is 4.79 Å². The van der Waals surface area contributed by atoms with Gasteiger partial charge in [-0.05, 0) is 55.3 Å². The van der Waals surface area contributed by atoms with Gasteiger partial charge in [0.15, 0.2) is 0 Å². The highest BCUT2D eigenvalue weighted by atomic mass is 79.9. The maximum atomic E-state index is 12.8. The molecular formula is C25H34BrNO3. The van der Waals surface area contributed by atoms with Crippen molar-refractivity contribution in [1.29, 1.82) is 0 Å². The van der Waals surface area contributed by atoms with Crippen molar-refractivity contribution in [2.75, 3.05) is 18.5 Å². The molecule has 2 aromatic rings. The van der Waals surface area contributed by atoms with Crippen LogP contribution in [0.1, 0.15) is 75.6 Å². The molecule has 0 atom stereocenters. The number of carbonyl (C=O) groups excluding carboxylic acids is 1. The van der Waals surface area contributed by atoms with Crippen molar-refractivity contribution < 1.29 is 14.3 Å². The van der Waals surface area contributed by atoms with Gasteiger partial charge in [-0.1, -0.05) is 68.3 Å². The summed E-state index contributed by atoms with van der Waals surface area (Å²) in [5, 5.41) is 2.95. The number of hydrogen-bond acceptors (Lipinski definition) is 3. The molecule has 0 bridgehead atoms. The van der Waals surface area contributed by atoms with Crippen LogP contribution in [0.5, 0.6) is 11.5 Å². The van der Waals surface area contributed by atoms with Gasteiger partial charge in [-0.2, -0.15) is 0 Å². The molecule has 164 valence electrons. The predicted molar refractivity (Wildman–Crippen MR) is 128 cm³/mol. The average molecular weight is 476 g/mol. The van der Waals surface area contributed by atoms with E-state index in [0.29, 0.717) is 17.9 Å². The molecule has 0 aliphatic rings. The van der Waals surface area contributed by atoms with Crippen LogP contribution in [-0.4, -0.2) is 19.1 Å². The summed E-state index contributed by atoms with van der Waals surface area (Å²) < 4.78 is 12.5. The van der Waals surface area contributed by atoms with Crippen molar-refractivity contribution in [1.82, 2.24) is 0 Å². The zero-order chi connectivity index (χ0) is 21.6. The molecule has 2 rings (SSSR count). The highest BCUT2D eigenvalue weighted by Gasteiger charge is 2.14. The second-order valence-electron chi connectivity index (χ2n) is 7.44. The third-order valence-corrected chi connectivity index (χ3v) is 5.31. The molecule has 0 unspecified atom stereocenters. The lowest BCUT2D eigenvalue weighted by Crippen LogP contribution is -2.14. The van der Waals surface area contributed by atoms with Crippen LogP contribution in [0.2, 0.25) is 0 Å². The predicted octanol–water partition coefficient (Wildman–Crippen LogP) is 7.62. The molecule has 1 amide bonds. The second kappa shape index (κ2) is 14.1. The number of nitrogens with one attached hydrogen (secondary N) is 1. The van der Waals surface area contributed by atoms with Crippen LogP contribution in [0.4, 0.5) is 5.69 Å². The molecule has 0 aliphatic heterocycles. The normalized spacial score (nSPS) is 10.6. The van der Waals surface area contributed by atoms with Crippen LogP contribution in [0, 0.1) is 0 Å². The van der Waals surface area contributed by atoms with Gasteiger partial charge in [-0.25, -0.2) is 0 Å². The molecule has 4 nitrogen and oxygen atoms in total. The summed E-state index contributed by atoms with van der Waals surface area (Å²) in [6.07, 6.45) is 9.25. The fourth-order valence-corrected chi connectivity index (χ4v) is 3.43. The topological polar surface area (TPSA) is 47.6 Å². The van der Waals surface area contributed by atoms with Gasteiger partial charge in [0.1, 0.15) is 11.5 Å². The van der Waals surface area contributed by atoms with Gasteiger partial charge in [0.25, 0.3) is 5.91 Å². The third kappa shape index (κ3) is 8.78. The maximum Gasteiger partial charge on any atom is 0.259 e. The van der Waals surface area contributed by atoms with E-state index in [2.05, 4.69) is 35.1 Å². The molecule has 2 aromatic carbocycles. The monoisotopic (exact) mass is 475 g/mol. The first-order valence-electron chi connectivity index (χ1n) is 11.1. The minimum absolute atomic E-state index is 0.187. The minimum atomic E-state index is -0.187. The molecule has 0 saturated heterocycles. The van der Waals surface area contributed by atoms with Crippen LogP contribution in [0.15, 0.2) is 46.9 Å². The molecule has 0 heterocycles. The van der Waals surface area contributed by atoms with Crippen molar-refractivity contribution in [3.8, 4) is 11.5 Å². The Bertz CT molecular complexity index is 761. The summed E-state index contributed by atoms with van der Waals surface area (Å²) in [4.78, 5) is 12.8. The Morgan fingerprint density at radius 1 is 0.833 bits per heavy atom. The van der Waals surface area contributed by atoms with Gasteiger partial charge in [0, 0.05) is 10.2 Å². The summed E-state index contributed by atoms with van der Waals surface area (Å²) in [6.45, 7) is 5.73. The zero-order valence-corrected chi connectivity index (χ0v) is 19.8. The maximum absolute atomic E-state index is 12.8. The first-order chi connectivity index (χ1) is 14.6. The Kier molecular flexibility index (Phi) is 11.4. The van der Waals surface area contributed by atoms with E-state index in [0.717, 1.165) is 41.8 Å². The van der Waals surface area contributed by atoms with E-state index in [4.69, 9.17) is 9.47 Å². The van der Waals surface area contributed by atoms with E-state index in [1.165, 1.54) is 32.1 Å². The Morgan fingerprint density at radius 2 is 1.47 bits per heavy atom. The van der Waals surface area contributed by atoms with Gasteiger partial charge in [0.05, 0.1) is 18.8 Å². The molecule has 0 aromatic heterocycles. The van der Waals surface area contributed by atoms with Gasteiger partial charge < -0.3 is 14.8 Å². The van der Waals surface area contributed by atoms with Crippen molar-refractivity contribution >= 4 is 27.5 Å². The number of halogens is 1. The smallest absolute Gasteiger partial charge is 0.259 e. The van der Waals surface area contributed by atoms with Gasteiger partial charge in [0.2, 0.25) is 0 Å². The number of amides is 1. The quantitative estimate of drug-likeness (QED) is 0.285. The lowest BCUT2D eigenvalue weighted by atomic mass is 10.1. The highest BCUT2D eigenvalue weighted by Crippen LogP contribution is 2.25. The standard InChI is InChI=1S/C25H34BrNO3/c1-3-5-7-9-17-29-22-14-12-21(13-15-22)27-25(28)23-19-20(26)11-16-24(23)30-18-10-8-6-4-2/h11-16,19H,3-10,17-18H2,1-2H3,(H,27,28). The molecule has 0 aliphatic carbocycles. The van der Waals surface area contributed by atoms with E-state index in [1.54, 1.807) is 6.07 Å². The van der Waals surface area contributed by atoms with E-state index in [-0.39, 0.29) is 5.91 Å². The summed E-state index contributed by atoms with van der Waals surface area (Å²) in [5.74, 6) is 1.25. The largest absolute Gasteiger partial charge is 0.494 e. The fourth-order valence-electron chi connectivity index (χ4n) is 3.07. The molecule has 0 radical (unpaired) electrons. The average Bonchev–Trinajstić information content (AvgIpc) is 2.75. The highest BCUT2D eigenvalue weighted by molar-refractivity contribution is 9.10. The van der Waals surface area contributed by atoms with Crippen molar-refractivity contribution in [2.24, 2.45) is 0 Å². The number of rotatable bonds is 14. The van der Waals surface area contributed by atoms with Gasteiger partial charge >= 0.3 is 0 Å². The van der Waals surface area contributed by atoms with Crippen LogP contribution < -0.4 is 14.8 Å². The van der Waals surface area contributed by atoms with Crippen LogP contribution >= 0.6 is 15.9 Å². The van der Waals surface area contributed by atoms with Crippen molar-refractivity contribution in [3.05, 3.63) is 52.5 Å². The first kappa shape index (κ1) is 24.3. The van der Waals surface area contributed by atoms with E-state index < -0.39 is 0 Å². The van der Waals surface area contributed by atoms with Crippen molar-refractivity contribution in [3.63, 3.8) is 0 Å². The fraction of sp³-hybridized carbons (Fsp3) is 0.480. The van der Waals surface area contributed by atoms with E-state index >= 15 is 0 Å². The number of unbranched alkanes of at least 4 members (excludes halogenated alkanes) is 6. The second-order valence-corrected chi connectivity index (χ2v) is 8.35. The molecule has 0 spiro atoms. The molecular weight excluding hydrogens is 442 g/mol. The number of carbonyl (C=O) groups is 1. The Morgan fingerprint density at radius 3 is 2.10 bits per heavy atom. The molecule has 30 heavy (non-hydrogen) atoms. The van der Waals surface area contributed by atoms with Gasteiger partial charge in [-0.15, -0.1) is 0 Å². The van der Waals surface area contributed by atoms with Gasteiger partial charge in [-0.3, -0.25) is 4.79 Å². The third-order valence-electron chi connectivity index (χ3n) is 4.82. The lowest BCUT2D eigenvalue weighted by Gasteiger charge is -2.13. The number of ether oxygens (including phenoxy) is 2. The molecule has 5 heteroatoms. The first-order valence-corrected chi connectivity index (χ1v) is 11.9. The number of anilines is 1. The Hall–Kier alpha value is -2.01. The summed E-state index contributed by atoms with van der Waals surface area (Å²) in [5.41, 5.74) is 1.25. The molecule has 1 N–H and O–H groups in total. The van der Waals surface area contributed by atoms with E-state index in [1.807, 2.05) is 36.4 Å². The van der Waals surface area contributed by atoms with Crippen LogP contribution in [-0.2, 0) is 0 Å². The number of benzene rings is 2. The Balaban J connectivity index is 1.90. The Labute approximate surface area is 189 Å². The van der Waals surface area contributed by atoms with Crippen LogP contribution in [0.3, 0.4) is 0 Å². The molecule has 0 saturated carbocycles. The summed E-state index contributed by atoms with van der Waals surface area (Å²) >= 11 is 3.45. The minimum Gasteiger partial charge on any atom is -0.494 e. The van der Waals surface area contributed by atoms with Crippen LogP contribution in [0.25, 0.3) is 0 Å². The summed E-state index contributed by atoms with van der Waals surface area (Å²) in [7, 11) is 0. The lowest BCUT2D eigenvalue weighted by molar-refractivity contribution is 0.102. The van der Waals surface area contributed by atoms with Crippen molar-refractivity contribution in [2.45, 2.75) is 65.2 Å². The summed E-state index contributed by atoms with van der Waals surface area (Å²) in [6, 6.07) is 13.0. The molecule has 0 fully saturated rings. The zero-order valence-electron chi connectivity index (χ0n) is 18.2. The SMILES string of the molecule is CCCCCCOc1ccc(NC(=O)c2cc(Br)ccc2OCCCCCC)cc1. The number of hydrogen-bond donors (Lipinski definition) is 1.